The molecule has 0 saturated carbocycles. The van der Waals surface area contributed by atoms with Gasteiger partial charge in [0.1, 0.15) is 11.6 Å². The lowest BCUT2D eigenvalue weighted by Crippen LogP contribution is -2.30. The predicted octanol–water partition coefficient (Wildman–Crippen LogP) is 3.00. The molecule has 0 bridgehead atoms. The van der Waals surface area contributed by atoms with Gasteiger partial charge in [0.25, 0.3) is 5.91 Å². The lowest BCUT2D eigenvalue weighted by molar-refractivity contribution is 0.0599. The Morgan fingerprint density at radius 3 is 2.28 bits per heavy atom. The van der Waals surface area contributed by atoms with Crippen molar-refractivity contribution in [1.29, 1.82) is 0 Å². The number of esters is 1. The minimum Gasteiger partial charge on any atom is -0.465 e. The second-order valence-electron chi connectivity index (χ2n) is 6.54. The van der Waals surface area contributed by atoms with Crippen LogP contribution in [0.1, 0.15) is 37.7 Å². The van der Waals surface area contributed by atoms with E-state index in [4.69, 9.17) is 10.5 Å². The van der Waals surface area contributed by atoms with Crippen LogP contribution >= 0.6 is 0 Å². The molecule has 0 unspecified atom stereocenters. The normalized spacial score (nSPS) is 10.4. The maximum absolute atomic E-state index is 13.2. The fraction of sp³-hybridized carbons (Fsp3) is 0.182. The van der Waals surface area contributed by atoms with Crippen molar-refractivity contribution < 1.29 is 14.3 Å². The van der Waals surface area contributed by atoms with E-state index in [0.29, 0.717) is 34.9 Å². The Kier molecular flexibility index (Phi) is 6.19. The molecule has 0 radical (unpaired) electrons. The first-order chi connectivity index (χ1) is 14.0. The number of rotatable bonds is 6. The number of benzene rings is 2. The Labute approximate surface area is 169 Å². The zero-order chi connectivity index (χ0) is 20.8. The monoisotopic (exact) mass is 390 g/mol. The summed E-state index contributed by atoms with van der Waals surface area (Å²) < 4.78 is 4.70. The first-order valence-electron chi connectivity index (χ1n) is 9.07. The Balaban J connectivity index is 1.89. The quantitative estimate of drug-likeness (QED) is 0.650. The Morgan fingerprint density at radius 2 is 1.66 bits per heavy atom. The lowest BCUT2D eigenvalue weighted by Gasteiger charge is -2.23. The van der Waals surface area contributed by atoms with E-state index < -0.39 is 5.97 Å². The van der Waals surface area contributed by atoms with Crippen molar-refractivity contribution in [3.8, 4) is 0 Å². The minimum atomic E-state index is -0.449. The highest BCUT2D eigenvalue weighted by molar-refractivity contribution is 5.96. The average molecular weight is 390 g/mol. The van der Waals surface area contributed by atoms with Crippen LogP contribution in [-0.4, -0.2) is 33.9 Å². The lowest BCUT2D eigenvalue weighted by atomic mass is 10.1. The second kappa shape index (κ2) is 8.97. The maximum atomic E-state index is 13.2. The molecule has 0 aliphatic carbocycles. The number of nitrogen functional groups attached to an aromatic ring is 1. The van der Waals surface area contributed by atoms with E-state index in [2.05, 4.69) is 9.97 Å². The molecule has 0 aliphatic rings. The number of amides is 1. The highest BCUT2D eigenvalue weighted by Gasteiger charge is 2.19. The molecule has 3 rings (SSSR count). The summed E-state index contributed by atoms with van der Waals surface area (Å²) in [5.74, 6) is 0.287. The first kappa shape index (κ1) is 20.0. The molecule has 148 valence electrons. The number of aryl methyl sites for hydroxylation is 1. The van der Waals surface area contributed by atoms with Gasteiger partial charge in [-0.25, -0.2) is 14.8 Å². The Bertz CT molecular complexity index is 1000. The average Bonchev–Trinajstić information content (AvgIpc) is 2.75. The highest BCUT2D eigenvalue weighted by atomic mass is 16.5. The summed E-state index contributed by atoms with van der Waals surface area (Å²) in [6.07, 6.45) is 1.64. The molecule has 29 heavy (non-hydrogen) atoms. The molecule has 3 aromatic rings. The summed E-state index contributed by atoms with van der Waals surface area (Å²) in [6.45, 7) is 2.42. The molecular weight excluding hydrogens is 368 g/mol. The number of ether oxygens (including phenoxy) is 1. The van der Waals surface area contributed by atoms with Crippen LogP contribution in [0, 0.1) is 6.92 Å². The van der Waals surface area contributed by atoms with E-state index in [9.17, 15) is 9.59 Å². The molecule has 1 amide bonds. The van der Waals surface area contributed by atoms with Gasteiger partial charge >= 0.3 is 5.97 Å². The Morgan fingerprint density at radius 1 is 1.00 bits per heavy atom. The van der Waals surface area contributed by atoms with E-state index in [1.165, 1.54) is 7.11 Å². The first-order valence-corrected chi connectivity index (χ1v) is 9.07. The molecule has 1 heterocycles. The SMILES string of the molecule is COC(=O)c1ccc(C(=O)N(Cc2ccccc2)Cc2cnc(C)nc2N)cc1. The van der Waals surface area contributed by atoms with Gasteiger partial charge < -0.3 is 15.4 Å². The number of nitrogens with zero attached hydrogens (tertiary/aromatic N) is 3. The number of hydrogen-bond acceptors (Lipinski definition) is 6. The third-order valence-corrected chi connectivity index (χ3v) is 4.44. The zero-order valence-corrected chi connectivity index (χ0v) is 16.3. The molecule has 7 heteroatoms. The van der Waals surface area contributed by atoms with Gasteiger partial charge in [-0.3, -0.25) is 4.79 Å². The molecule has 0 aliphatic heterocycles. The van der Waals surface area contributed by atoms with Crippen LogP contribution in [0.15, 0.2) is 60.8 Å². The second-order valence-corrected chi connectivity index (χ2v) is 6.54. The van der Waals surface area contributed by atoms with Crippen molar-refractivity contribution in [1.82, 2.24) is 14.9 Å². The van der Waals surface area contributed by atoms with E-state index in [-0.39, 0.29) is 12.5 Å². The molecular formula is C22H22N4O3. The molecule has 7 nitrogen and oxygen atoms in total. The van der Waals surface area contributed by atoms with Crippen molar-refractivity contribution in [3.05, 3.63) is 88.9 Å². The number of aromatic nitrogens is 2. The van der Waals surface area contributed by atoms with Gasteiger partial charge in [-0.2, -0.15) is 0 Å². The molecule has 0 fully saturated rings. The smallest absolute Gasteiger partial charge is 0.337 e. The number of anilines is 1. The molecule has 2 aromatic carbocycles. The summed E-state index contributed by atoms with van der Waals surface area (Å²) >= 11 is 0. The van der Waals surface area contributed by atoms with Crippen molar-refractivity contribution >= 4 is 17.7 Å². The number of carbonyl (C=O) groups excluding carboxylic acids is 2. The van der Waals surface area contributed by atoms with E-state index in [0.717, 1.165) is 5.56 Å². The fourth-order valence-electron chi connectivity index (χ4n) is 2.89. The maximum Gasteiger partial charge on any atom is 0.337 e. The van der Waals surface area contributed by atoms with Crippen LogP contribution in [0.2, 0.25) is 0 Å². The molecule has 0 atom stereocenters. The van der Waals surface area contributed by atoms with Gasteiger partial charge in [-0.05, 0) is 36.8 Å². The van der Waals surface area contributed by atoms with Gasteiger partial charge in [0.15, 0.2) is 0 Å². The molecule has 2 N–H and O–H groups in total. The predicted molar refractivity (Wildman–Crippen MR) is 109 cm³/mol. The van der Waals surface area contributed by atoms with Crippen LogP contribution in [-0.2, 0) is 17.8 Å². The topological polar surface area (TPSA) is 98.4 Å². The fourth-order valence-corrected chi connectivity index (χ4v) is 2.89. The van der Waals surface area contributed by atoms with Crippen LogP contribution in [0.3, 0.4) is 0 Å². The van der Waals surface area contributed by atoms with Gasteiger partial charge in [-0.15, -0.1) is 0 Å². The largest absolute Gasteiger partial charge is 0.465 e. The van der Waals surface area contributed by atoms with Gasteiger partial charge in [-0.1, -0.05) is 30.3 Å². The van der Waals surface area contributed by atoms with E-state index >= 15 is 0 Å². The number of nitrogens with two attached hydrogens (primary N) is 1. The van der Waals surface area contributed by atoms with Crippen molar-refractivity contribution in [2.24, 2.45) is 0 Å². The van der Waals surface area contributed by atoms with Crippen LogP contribution in [0.25, 0.3) is 0 Å². The third-order valence-electron chi connectivity index (χ3n) is 4.44. The van der Waals surface area contributed by atoms with E-state index in [1.54, 1.807) is 42.3 Å². The van der Waals surface area contributed by atoms with Crippen molar-refractivity contribution in [2.75, 3.05) is 12.8 Å². The molecule has 1 aromatic heterocycles. The van der Waals surface area contributed by atoms with Gasteiger partial charge in [0.05, 0.1) is 19.2 Å². The van der Waals surface area contributed by atoms with Crippen LogP contribution < -0.4 is 5.73 Å². The summed E-state index contributed by atoms with van der Waals surface area (Å²) in [7, 11) is 1.32. The van der Waals surface area contributed by atoms with Crippen molar-refractivity contribution in [2.45, 2.75) is 20.0 Å². The molecule has 0 spiro atoms. The zero-order valence-electron chi connectivity index (χ0n) is 16.3. The van der Waals surface area contributed by atoms with Crippen molar-refractivity contribution in [3.63, 3.8) is 0 Å². The number of carbonyl (C=O) groups is 2. The highest BCUT2D eigenvalue weighted by Crippen LogP contribution is 2.17. The summed E-state index contributed by atoms with van der Waals surface area (Å²) in [5, 5.41) is 0. The third kappa shape index (κ3) is 4.95. The van der Waals surface area contributed by atoms with Crippen LogP contribution in [0.4, 0.5) is 5.82 Å². The molecule has 0 saturated heterocycles. The summed E-state index contributed by atoms with van der Waals surface area (Å²) in [4.78, 5) is 34.9. The number of hydrogen-bond donors (Lipinski definition) is 1. The van der Waals surface area contributed by atoms with Gasteiger partial charge in [0.2, 0.25) is 0 Å². The number of methoxy groups -OCH3 is 1. The minimum absolute atomic E-state index is 0.190. The van der Waals surface area contributed by atoms with E-state index in [1.807, 2.05) is 30.3 Å². The summed E-state index contributed by atoms with van der Waals surface area (Å²) in [6, 6.07) is 16.0. The standard InChI is InChI=1S/C22H22N4O3/c1-15-24-12-19(20(23)25-15)14-26(13-16-6-4-3-5-7-16)21(27)17-8-10-18(11-9-17)22(28)29-2/h3-12H,13-14H2,1-2H3,(H2,23,24,25). The van der Waals surface area contributed by atoms with Crippen LogP contribution in [0.5, 0.6) is 0 Å². The Hall–Kier alpha value is -3.74. The van der Waals surface area contributed by atoms with Gasteiger partial charge in [0, 0.05) is 23.9 Å². The summed E-state index contributed by atoms with van der Waals surface area (Å²) in [5.41, 5.74) is 8.53.